The maximum absolute atomic E-state index is 12.6. The molecule has 0 aromatic carbocycles. The SMILES string of the molecule is Cc1c(CN2CC[C@H](C(=O)N3CCCCC3)C2)cnn1C. The van der Waals surface area contributed by atoms with Crippen LogP contribution in [-0.4, -0.2) is 51.7 Å². The molecule has 0 saturated carbocycles. The van der Waals surface area contributed by atoms with Crippen LogP contribution in [0.25, 0.3) is 0 Å². The van der Waals surface area contributed by atoms with E-state index in [9.17, 15) is 4.79 Å². The largest absolute Gasteiger partial charge is 0.342 e. The summed E-state index contributed by atoms with van der Waals surface area (Å²) < 4.78 is 1.92. The van der Waals surface area contributed by atoms with Crippen molar-refractivity contribution in [1.82, 2.24) is 19.6 Å². The summed E-state index contributed by atoms with van der Waals surface area (Å²) in [6, 6.07) is 0. The molecule has 1 aromatic rings. The highest BCUT2D eigenvalue weighted by atomic mass is 16.2. The summed E-state index contributed by atoms with van der Waals surface area (Å²) in [7, 11) is 1.98. The molecule has 0 aliphatic carbocycles. The number of aryl methyl sites for hydroxylation is 1. The molecular formula is C16H26N4O. The van der Waals surface area contributed by atoms with E-state index in [4.69, 9.17) is 0 Å². The van der Waals surface area contributed by atoms with Gasteiger partial charge in [-0.25, -0.2) is 0 Å². The molecule has 0 radical (unpaired) electrons. The van der Waals surface area contributed by atoms with E-state index in [0.717, 1.165) is 39.1 Å². The molecule has 1 amide bonds. The number of likely N-dealkylation sites (tertiary alicyclic amines) is 2. The molecule has 3 rings (SSSR count). The van der Waals surface area contributed by atoms with Gasteiger partial charge >= 0.3 is 0 Å². The highest BCUT2D eigenvalue weighted by Crippen LogP contribution is 2.23. The number of carbonyl (C=O) groups is 1. The zero-order chi connectivity index (χ0) is 14.8. The fourth-order valence-corrected chi connectivity index (χ4v) is 3.49. The molecule has 1 atom stereocenters. The van der Waals surface area contributed by atoms with E-state index >= 15 is 0 Å². The van der Waals surface area contributed by atoms with Crippen LogP contribution < -0.4 is 0 Å². The minimum Gasteiger partial charge on any atom is -0.342 e. The second kappa shape index (κ2) is 6.18. The quantitative estimate of drug-likeness (QED) is 0.848. The van der Waals surface area contributed by atoms with Crippen molar-refractivity contribution in [2.75, 3.05) is 26.2 Å². The summed E-state index contributed by atoms with van der Waals surface area (Å²) in [6.45, 7) is 6.90. The van der Waals surface area contributed by atoms with Crippen molar-refractivity contribution in [3.05, 3.63) is 17.5 Å². The first-order valence-electron chi connectivity index (χ1n) is 8.14. The molecule has 0 bridgehead atoms. The van der Waals surface area contributed by atoms with Crippen LogP contribution in [0.15, 0.2) is 6.20 Å². The molecule has 2 aliphatic rings. The number of piperidine rings is 1. The summed E-state index contributed by atoms with van der Waals surface area (Å²) in [6.07, 6.45) is 6.60. The first-order valence-corrected chi connectivity index (χ1v) is 8.14. The van der Waals surface area contributed by atoms with Gasteiger partial charge < -0.3 is 4.90 Å². The topological polar surface area (TPSA) is 41.4 Å². The monoisotopic (exact) mass is 290 g/mol. The lowest BCUT2D eigenvalue weighted by Gasteiger charge is -2.29. The molecule has 2 fully saturated rings. The Hall–Kier alpha value is -1.36. The molecule has 116 valence electrons. The predicted molar refractivity (Wildman–Crippen MR) is 81.8 cm³/mol. The van der Waals surface area contributed by atoms with Crippen LogP contribution in [-0.2, 0) is 18.4 Å². The average molecular weight is 290 g/mol. The second-order valence-corrected chi connectivity index (χ2v) is 6.49. The molecule has 1 aromatic heterocycles. The van der Waals surface area contributed by atoms with Crippen LogP contribution >= 0.6 is 0 Å². The molecule has 0 spiro atoms. The van der Waals surface area contributed by atoms with Crippen LogP contribution in [0.1, 0.15) is 36.9 Å². The average Bonchev–Trinajstić information content (AvgIpc) is 3.10. The zero-order valence-electron chi connectivity index (χ0n) is 13.2. The highest BCUT2D eigenvalue weighted by molar-refractivity contribution is 5.79. The fraction of sp³-hybridized carbons (Fsp3) is 0.750. The standard InChI is InChI=1S/C16H26N4O/c1-13-15(10-17-18(13)2)12-19-9-6-14(11-19)16(21)20-7-4-3-5-8-20/h10,14H,3-9,11-12H2,1-2H3/t14-/m0/s1. The summed E-state index contributed by atoms with van der Waals surface area (Å²) in [5, 5.41) is 4.30. The Labute approximate surface area is 126 Å². The van der Waals surface area contributed by atoms with Gasteiger partial charge in [-0.1, -0.05) is 0 Å². The number of nitrogens with zero attached hydrogens (tertiary/aromatic N) is 4. The van der Waals surface area contributed by atoms with Crippen molar-refractivity contribution < 1.29 is 4.79 Å². The van der Waals surface area contributed by atoms with Gasteiger partial charge in [0.2, 0.25) is 5.91 Å². The van der Waals surface area contributed by atoms with E-state index in [1.54, 1.807) is 0 Å². The van der Waals surface area contributed by atoms with E-state index < -0.39 is 0 Å². The Morgan fingerprint density at radius 3 is 2.71 bits per heavy atom. The Morgan fingerprint density at radius 1 is 1.29 bits per heavy atom. The molecule has 5 heteroatoms. The van der Waals surface area contributed by atoms with Gasteiger partial charge in [-0.2, -0.15) is 5.10 Å². The summed E-state index contributed by atoms with van der Waals surface area (Å²) >= 11 is 0. The number of amides is 1. The van der Waals surface area contributed by atoms with Crippen LogP contribution in [0.4, 0.5) is 0 Å². The maximum atomic E-state index is 12.6. The van der Waals surface area contributed by atoms with E-state index in [1.807, 2.05) is 17.9 Å². The number of aromatic nitrogens is 2. The normalized spacial score (nSPS) is 23.7. The smallest absolute Gasteiger partial charge is 0.227 e. The highest BCUT2D eigenvalue weighted by Gasteiger charge is 2.32. The van der Waals surface area contributed by atoms with E-state index in [2.05, 4.69) is 21.8 Å². The Kier molecular flexibility index (Phi) is 4.29. The van der Waals surface area contributed by atoms with Gasteiger partial charge in [0.05, 0.1) is 12.1 Å². The minimum atomic E-state index is 0.208. The van der Waals surface area contributed by atoms with E-state index in [1.165, 1.54) is 30.5 Å². The summed E-state index contributed by atoms with van der Waals surface area (Å²) in [5.41, 5.74) is 2.50. The lowest BCUT2D eigenvalue weighted by Crippen LogP contribution is -2.40. The minimum absolute atomic E-state index is 0.208. The first-order chi connectivity index (χ1) is 10.1. The second-order valence-electron chi connectivity index (χ2n) is 6.49. The first kappa shape index (κ1) is 14.6. The fourth-order valence-electron chi connectivity index (χ4n) is 3.49. The van der Waals surface area contributed by atoms with Gasteiger partial charge in [0, 0.05) is 44.5 Å². The van der Waals surface area contributed by atoms with Crippen LogP contribution in [0.3, 0.4) is 0 Å². The molecule has 3 heterocycles. The van der Waals surface area contributed by atoms with Gasteiger partial charge in [0.1, 0.15) is 0 Å². The molecule has 21 heavy (non-hydrogen) atoms. The molecular weight excluding hydrogens is 264 g/mol. The van der Waals surface area contributed by atoms with Gasteiger partial charge in [0.25, 0.3) is 0 Å². The van der Waals surface area contributed by atoms with Crippen molar-refractivity contribution in [2.24, 2.45) is 13.0 Å². The maximum Gasteiger partial charge on any atom is 0.227 e. The van der Waals surface area contributed by atoms with Gasteiger partial charge in [-0.3, -0.25) is 14.4 Å². The predicted octanol–water partition coefficient (Wildman–Crippen LogP) is 1.56. The van der Waals surface area contributed by atoms with Crippen molar-refractivity contribution in [1.29, 1.82) is 0 Å². The molecule has 2 aliphatic heterocycles. The van der Waals surface area contributed by atoms with Gasteiger partial charge in [0.15, 0.2) is 0 Å². The number of rotatable bonds is 3. The summed E-state index contributed by atoms with van der Waals surface area (Å²) in [5.74, 6) is 0.597. The third-order valence-electron chi connectivity index (χ3n) is 5.02. The number of hydrogen-bond donors (Lipinski definition) is 0. The third-order valence-corrected chi connectivity index (χ3v) is 5.02. The van der Waals surface area contributed by atoms with Crippen molar-refractivity contribution in [3.8, 4) is 0 Å². The number of hydrogen-bond acceptors (Lipinski definition) is 3. The molecule has 0 unspecified atom stereocenters. The van der Waals surface area contributed by atoms with Crippen molar-refractivity contribution in [2.45, 2.75) is 39.2 Å². The van der Waals surface area contributed by atoms with Crippen LogP contribution in [0.2, 0.25) is 0 Å². The van der Waals surface area contributed by atoms with Crippen LogP contribution in [0, 0.1) is 12.8 Å². The summed E-state index contributed by atoms with van der Waals surface area (Å²) in [4.78, 5) is 17.0. The third kappa shape index (κ3) is 3.12. The van der Waals surface area contributed by atoms with E-state index in [0.29, 0.717) is 5.91 Å². The Balaban J connectivity index is 1.55. The number of carbonyl (C=O) groups excluding carboxylic acids is 1. The van der Waals surface area contributed by atoms with Crippen LogP contribution in [0.5, 0.6) is 0 Å². The molecule has 0 N–H and O–H groups in total. The molecule has 5 nitrogen and oxygen atoms in total. The molecule has 2 saturated heterocycles. The van der Waals surface area contributed by atoms with Gasteiger partial charge in [-0.15, -0.1) is 0 Å². The van der Waals surface area contributed by atoms with Crippen molar-refractivity contribution in [3.63, 3.8) is 0 Å². The van der Waals surface area contributed by atoms with Gasteiger partial charge in [-0.05, 0) is 39.2 Å². The zero-order valence-corrected chi connectivity index (χ0v) is 13.2. The lowest BCUT2D eigenvalue weighted by molar-refractivity contribution is -0.136. The van der Waals surface area contributed by atoms with Crippen molar-refractivity contribution >= 4 is 5.91 Å². The Morgan fingerprint density at radius 2 is 2.05 bits per heavy atom. The van der Waals surface area contributed by atoms with E-state index in [-0.39, 0.29) is 5.92 Å². The lowest BCUT2D eigenvalue weighted by atomic mass is 10.0. The Bertz CT molecular complexity index is 504.